The number of rotatable bonds is 5. The number of halogens is 1. The van der Waals surface area contributed by atoms with E-state index in [0.717, 1.165) is 49.1 Å². The van der Waals surface area contributed by atoms with Gasteiger partial charge in [-0.2, -0.15) is 4.98 Å². The predicted molar refractivity (Wildman–Crippen MR) is 79.3 cm³/mol. The summed E-state index contributed by atoms with van der Waals surface area (Å²) in [6.45, 7) is 4.11. The van der Waals surface area contributed by atoms with Crippen molar-refractivity contribution in [2.75, 3.05) is 0 Å². The van der Waals surface area contributed by atoms with Crippen LogP contribution in [0.25, 0.3) is 0 Å². The Balaban J connectivity index is 0.00000161. The minimum atomic E-state index is -0.377. The molecule has 2 aromatic rings. The lowest BCUT2D eigenvalue weighted by Gasteiger charge is -2.34. The fraction of sp³-hybridized carbons (Fsp3) is 0.643. The van der Waals surface area contributed by atoms with E-state index in [2.05, 4.69) is 22.2 Å². The second-order valence-corrected chi connectivity index (χ2v) is 5.44. The van der Waals surface area contributed by atoms with Gasteiger partial charge < -0.3 is 14.8 Å². The fourth-order valence-electron chi connectivity index (χ4n) is 2.60. The molecule has 1 aliphatic carbocycles. The number of aryl methyl sites for hydroxylation is 2. The monoisotopic (exact) mass is 312 g/mol. The molecule has 116 valence electrons. The van der Waals surface area contributed by atoms with E-state index in [1.165, 1.54) is 0 Å². The summed E-state index contributed by atoms with van der Waals surface area (Å²) in [7, 11) is 0. The van der Waals surface area contributed by atoms with E-state index in [4.69, 9.17) is 14.8 Å². The Kier molecular flexibility index (Phi) is 4.68. The van der Waals surface area contributed by atoms with Crippen molar-refractivity contribution in [2.24, 2.45) is 5.73 Å². The molecule has 0 saturated heterocycles. The van der Waals surface area contributed by atoms with Gasteiger partial charge in [-0.25, -0.2) is 0 Å². The van der Waals surface area contributed by atoms with Crippen LogP contribution < -0.4 is 5.73 Å². The molecule has 0 unspecified atom stereocenters. The van der Waals surface area contributed by atoms with Crippen molar-refractivity contribution in [1.29, 1.82) is 0 Å². The summed E-state index contributed by atoms with van der Waals surface area (Å²) in [5, 5.41) is 8.13. The summed E-state index contributed by atoms with van der Waals surface area (Å²) in [6, 6.07) is 0. The zero-order valence-electron chi connectivity index (χ0n) is 12.4. The summed E-state index contributed by atoms with van der Waals surface area (Å²) in [6.07, 6.45) is 5.20. The van der Waals surface area contributed by atoms with Gasteiger partial charge in [0.05, 0.1) is 17.7 Å². The number of hydrogen-bond donors (Lipinski definition) is 1. The third-order valence-corrected chi connectivity index (χ3v) is 4.09. The summed E-state index contributed by atoms with van der Waals surface area (Å²) in [5.74, 6) is 2.11. The molecule has 1 aliphatic rings. The standard InChI is InChI=1S/C14H20N4O2.ClH/c1-3-10-9(11(4-2)19-17-10)8-12-16-13(18-20-12)14(15)6-5-7-14;/h3-8,15H2,1-2H3;1H. The molecule has 6 nitrogen and oxygen atoms in total. The van der Waals surface area contributed by atoms with Crippen molar-refractivity contribution in [2.45, 2.75) is 57.9 Å². The SMILES string of the molecule is CCc1noc(CC)c1Cc1nc(C2(N)CCC2)no1.Cl. The Morgan fingerprint density at radius 1 is 1.14 bits per heavy atom. The van der Waals surface area contributed by atoms with Gasteiger partial charge in [-0.3, -0.25) is 0 Å². The van der Waals surface area contributed by atoms with E-state index in [9.17, 15) is 0 Å². The molecule has 21 heavy (non-hydrogen) atoms. The van der Waals surface area contributed by atoms with Crippen molar-refractivity contribution < 1.29 is 9.05 Å². The highest BCUT2D eigenvalue weighted by molar-refractivity contribution is 5.85. The van der Waals surface area contributed by atoms with Gasteiger partial charge in [0.25, 0.3) is 0 Å². The van der Waals surface area contributed by atoms with Crippen molar-refractivity contribution in [3.05, 3.63) is 28.7 Å². The third-order valence-electron chi connectivity index (χ3n) is 4.09. The van der Waals surface area contributed by atoms with Crippen LogP contribution in [-0.4, -0.2) is 15.3 Å². The Morgan fingerprint density at radius 3 is 2.48 bits per heavy atom. The first-order chi connectivity index (χ1) is 9.66. The molecule has 2 N–H and O–H groups in total. The number of nitrogens with zero attached hydrogens (tertiary/aromatic N) is 3. The quantitative estimate of drug-likeness (QED) is 0.912. The van der Waals surface area contributed by atoms with Crippen molar-refractivity contribution in [3.8, 4) is 0 Å². The number of nitrogens with two attached hydrogens (primary N) is 1. The lowest BCUT2D eigenvalue weighted by Crippen LogP contribution is -2.44. The highest BCUT2D eigenvalue weighted by Crippen LogP contribution is 2.37. The number of hydrogen-bond acceptors (Lipinski definition) is 6. The second kappa shape index (κ2) is 6.15. The normalized spacial score (nSPS) is 16.3. The average molecular weight is 313 g/mol. The van der Waals surface area contributed by atoms with Crippen LogP contribution in [0.1, 0.15) is 61.8 Å². The lowest BCUT2D eigenvalue weighted by molar-refractivity contribution is 0.229. The van der Waals surface area contributed by atoms with E-state index >= 15 is 0 Å². The van der Waals surface area contributed by atoms with Gasteiger partial charge in [0.15, 0.2) is 5.82 Å². The van der Waals surface area contributed by atoms with Crippen molar-refractivity contribution in [1.82, 2.24) is 15.3 Å². The molecule has 0 radical (unpaired) electrons. The van der Waals surface area contributed by atoms with Crippen molar-refractivity contribution >= 4 is 12.4 Å². The van der Waals surface area contributed by atoms with Gasteiger partial charge in [-0.1, -0.05) is 24.2 Å². The van der Waals surface area contributed by atoms with Gasteiger partial charge in [0.2, 0.25) is 5.89 Å². The smallest absolute Gasteiger partial charge is 0.231 e. The minimum absolute atomic E-state index is 0. The van der Waals surface area contributed by atoms with Crippen LogP contribution in [-0.2, 0) is 24.8 Å². The molecule has 0 amide bonds. The molecular weight excluding hydrogens is 292 g/mol. The molecule has 0 aromatic carbocycles. The Morgan fingerprint density at radius 2 is 1.90 bits per heavy atom. The molecule has 7 heteroatoms. The largest absolute Gasteiger partial charge is 0.361 e. The maximum absolute atomic E-state index is 6.21. The van der Waals surface area contributed by atoms with E-state index in [1.807, 2.05) is 6.92 Å². The maximum atomic E-state index is 6.21. The average Bonchev–Trinajstić information content (AvgIpc) is 3.03. The highest BCUT2D eigenvalue weighted by Gasteiger charge is 2.39. The first-order valence-electron chi connectivity index (χ1n) is 7.24. The summed E-state index contributed by atoms with van der Waals surface area (Å²) in [5.41, 5.74) is 7.87. The first-order valence-corrected chi connectivity index (χ1v) is 7.24. The molecular formula is C14H21ClN4O2. The molecule has 0 bridgehead atoms. The van der Waals surface area contributed by atoms with Gasteiger partial charge in [0, 0.05) is 12.0 Å². The molecule has 1 fully saturated rings. The Hall–Kier alpha value is -1.40. The molecule has 3 rings (SSSR count). The van der Waals surface area contributed by atoms with Gasteiger partial charge in [-0.15, -0.1) is 12.4 Å². The van der Waals surface area contributed by atoms with E-state index < -0.39 is 0 Å². The van der Waals surface area contributed by atoms with E-state index in [-0.39, 0.29) is 17.9 Å². The zero-order chi connectivity index (χ0) is 14.2. The van der Waals surface area contributed by atoms with E-state index in [0.29, 0.717) is 18.1 Å². The third kappa shape index (κ3) is 2.82. The van der Waals surface area contributed by atoms with Gasteiger partial charge in [-0.05, 0) is 25.7 Å². The van der Waals surface area contributed by atoms with Gasteiger partial charge >= 0.3 is 0 Å². The van der Waals surface area contributed by atoms with Crippen LogP contribution in [0.15, 0.2) is 9.05 Å². The topological polar surface area (TPSA) is 91.0 Å². The van der Waals surface area contributed by atoms with Crippen molar-refractivity contribution in [3.63, 3.8) is 0 Å². The summed E-state index contributed by atoms with van der Waals surface area (Å²) in [4.78, 5) is 4.46. The molecule has 0 spiro atoms. The minimum Gasteiger partial charge on any atom is -0.361 e. The van der Waals surface area contributed by atoms with Crippen LogP contribution in [0.5, 0.6) is 0 Å². The van der Waals surface area contributed by atoms with Gasteiger partial charge in [0.1, 0.15) is 5.76 Å². The first kappa shape index (κ1) is 16.0. The van der Waals surface area contributed by atoms with Crippen LogP contribution in [0.3, 0.4) is 0 Å². The lowest BCUT2D eigenvalue weighted by atomic mass is 9.77. The zero-order valence-corrected chi connectivity index (χ0v) is 13.2. The summed E-state index contributed by atoms with van der Waals surface area (Å²) >= 11 is 0. The van der Waals surface area contributed by atoms with E-state index in [1.54, 1.807) is 0 Å². The summed E-state index contributed by atoms with van der Waals surface area (Å²) < 4.78 is 10.7. The van der Waals surface area contributed by atoms with Crippen LogP contribution in [0.2, 0.25) is 0 Å². The Bertz CT molecular complexity index is 582. The molecule has 1 saturated carbocycles. The molecule has 2 heterocycles. The maximum Gasteiger partial charge on any atom is 0.231 e. The molecule has 0 atom stereocenters. The fourth-order valence-corrected chi connectivity index (χ4v) is 2.60. The second-order valence-electron chi connectivity index (χ2n) is 5.44. The molecule has 0 aliphatic heterocycles. The highest BCUT2D eigenvalue weighted by atomic mass is 35.5. The molecule has 2 aromatic heterocycles. The van der Waals surface area contributed by atoms with Crippen LogP contribution in [0, 0.1) is 0 Å². The van der Waals surface area contributed by atoms with Crippen LogP contribution >= 0.6 is 12.4 Å². The van der Waals surface area contributed by atoms with Crippen LogP contribution in [0.4, 0.5) is 0 Å². The Labute approximate surface area is 129 Å². The predicted octanol–water partition coefficient (Wildman–Crippen LogP) is 2.53. The number of aromatic nitrogens is 3.